The Balaban J connectivity index is 2.86. The van der Waals surface area contributed by atoms with Crippen molar-refractivity contribution in [2.24, 2.45) is 11.7 Å². The van der Waals surface area contributed by atoms with Crippen molar-refractivity contribution in [1.29, 1.82) is 0 Å². The summed E-state index contributed by atoms with van der Waals surface area (Å²) in [5, 5.41) is 3.48. The van der Waals surface area contributed by atoms with Crippen LogP contribution in [0.5, 0.6) is 11.5 Å². The van der Waals surface area contributed by atoms with Gasteiger partial charge in [-0.25, -0.2) is 0 Å². The molecule has 0 amide bonds. The lowest BCUT2D eigenvalue weighted by atomic mass is 10.0. The number of methoxy groups -OCH3 is 2. The molecule has 0 aliphatic carbocycles. The normalized spacial score (nSPS) is 12.6. The third kappa shape index (κ3) is 3.85. The standard InChI is InChI=1S/C15H26N2O2/c1-10(2)13(8-16)17-9-12-6-7-14(18-4)11(3)15(12)19-5/h6-7,10,13,17H,8-9,16H2,1-5H3. The smallest absolute Gasteiger partial charge is 0.129 e. The lowest BCUT2D eigenvalue weighted by Gasteiger charge is -2.22. The van der Waals surface area contributed by atoms with Gasteiger partial charge in [0.25, 0.3) is 0 Å². The number of rotatable bonds is 7. The van der Waals surface area contributed by atoms with Crippen LogP contribution in [-0.2, 0) is 6.54 Å². The molecule has 19 heavy (non-hydrogen) atoms. The van der Waals surface area contributed by atoms with E-state index in [-0.39, 0.29) is 0 Å². The van der Waals surface area contributed by atoms with Gasteiger partial charge < -0.3 is 20.5 Å². The van der Waals surface area contributed by atoms with E-state index in [2.05, 4.69) is 19.2 Å². The molecule has 3 N–H and O–H groups in total. The second-order valence-corrected chi connectivity index (χ2v) is 5.05. The predicted molar refractivity (Wildman–Crippen MR) is 78.8 cm³/mol. The third-order valence-electron chi connectivity index (χ3n) is 3.48. The second kappa shape index (κ2) is 7.36. The Hall–Kier alpha value is -1.26. The number of hydrogen-bond acceptors (Lipinski definition) is 4. The fourth-order valence-electron chi connectivity index (χ4n) is 2.21. The summed E-state index contributed by atoms with van der Waals surface area (Å²) in [6.07, 6.45) is 0. The topological polar surface area (TPSA) is 56.5 Å². The number of benzene rings is 1. The van der Waals surface area contributed by atoms with Crippen LogP contribution in [0, 0.1) is 12.8 Å². The summed E-state index contributed by atoms with van der Waals surface area (Å²) in [7, 11) is 3.36. The molecule has 4 heteroatoms. The van der Waals surface area contributed by atoms with Crippen molar-refractivity contribution in [3.8, 4) is 11.5 Å². The number of nitrogens with two attached hydrogens (primary N) is 1. The molecule has 108 valence electrons. The molecular weight excluding hydrogens is 240 g/mol. The molecule has 1 aromatic rings. The van der Waals surface area contributed by atoms with Gasteiger partial charge in [0.1, 0.15) is 11.5 Å². The molecule has 0 aliphatic rings. The van der Waals surface area contributed by atoms with Gasteiger partial charge in [-0.3, -0.25) is 0 Å². The number of nitrogens with one attached hydrogen (secondary N) is 1. The fraction of sp³-hybridized carbons (Fsp3) is 0.600. The van der Waals surface area contributed by atoms with Gasteiger partial charge in [0.15, 0.2) is 0 Å². The molecule has 1 atom stereocenters. The van der Waals surface area contributed by atoms with E-state index in [1.54, 1.807) is 14.2 Å². The monoisotopic (exact) mass is 266 g/mol. The molecule has 0 aliphatic heterocycles. The van der Waals surface area contributed by atoms with Gasteiger partial charge in [0.2, 0.25) is 0 Å². The highest BCUT2D eigenvalue weighted by molar-refractivity contribution is 5.49. The van der Waals surface area contributed by atoms with Crippen LogP contribution in [0.25, 0.3) is 0 Å². The van der Waals surface area contributed by atoms with Crippen LogP contribution in [0.3, 0.4) is 0 Å². The average molecular weight is 266 g/mol. The van der Waals surface area contributed by atoms with E-state index in [4.69, 9.17) is 15.2 Å². The zero-order valence-corrected chi connectivity index (χ0v) is 12.6. The Morgan fingerprint density at radius 3 is 2.37 bits per heavy atom. The average Bonchev–Trinajstić information content (AvgIpc) is 2.39. The van der Waals surface area contributed by atoms with E-state index in [1.807, 2.05) is 19.1 Å². The Bertz CT molecular complexity index is 405. The molecule has 1 unspecified atom stereocenters. The molecule has 0 saturated carbocycles. The van der Waals surface area contributed by atoms with Gasteiger partial charge in [0, 0.05) is 30.3 Å². The SMILES string of the molecule is COc1ccc(CNC(CN)C(C)C)c(OC)c1C. The second-order valence-electron chi connectivity index (χ2n) is 5.05. The first-order chi connectivity index (χ1) is 9.04. The highest BCUT2D eigenvalue weighted by Gasteiger charge is 2.14. The maximum Gasteiger partial charge on any atom is 0.129 e. The van der Waals surface area contributed by atoms with E-state index in [9.17, 15) is 0 Å². The van der Waals surface area contributed by atoms with Crippen LogP contribution in [0.1, 0.15) is 25.0 Å². The number of ether oxygens (including phenoxy) is 2. The molecule has 0 aromatic heterocycles. The molecule has 0 radical (unpaired) electrons. The zero-order valence-electron chi connectivity index (χ0n) is 12.6. The van der Waals surface area contributed by atoms with Gasteiger partial charge >= 0.3 is 0 Å². The van der Waals surface area contributed by atoms with E-state index in [1.165, 1.54) is 0 Å². The van der Waals surface area contributed by atoms with Gasteiger partial charge in [0.05, 0.1) is 14.2 Å². The summed E-state index contributed by atoms with van der Waals surface area (Å²) < 4.78 is 10.8. The van der Waals surface area contributed by atoms with Gasteiger partial charge in [-0.2, -0.15) is 0 Å². The van der Waals surface area contributed by atoms with Crippen molar-refractivity contribution in [3.63, 3.8) is 0 Å². The summed E-state index contributed by atoms with van der Waals surface area (Å²) in [6, 6.07) is 4.32. The summed E-state index contributed by atoms with van der Waals surface area (Å²) in [4.78, 5) is 0. The van der Waals surface area contributed by atoms with Crippen molar-refractivity contribution in [2.75, 3.05) is 20.8 Å². The Morgan fingerprint density at radius 2 is 1.89 bits per heavy atom. The lowest BCUT2D eigenvalue weighted by Crippen LogP contribution is -2.39. The molecule has 0 saturated heterocycles. The van der Waals surface area contributed by atoms with Crippen LogP contribution in [0.15, 0.2) is 12.1 Å². The molecule has 4 nitrogen and oxygen atoms in total. The zero-order chi connectivity index (χ0) is 14.4. The number of hydrogen-bond donors (Lipinski definition) is 2. The fourth-order valence-corrected chi connectivity index (χ4v) is 2.21. The van der Waals surface area contributed by atoms with Gasteiger partial charge in [-0.15, -0.1) is 0 Å². The van der Waals surface area contributed by atoms with Crippen LogP contribution in [0.2, 0.25) is 0 Å². The minimum absolute atomic E-state index is 0.312. The molecule has 1 rings (SSSR count). The van der Waals surface area contributed by atoms with Crippen molar-refractivity contribution >= 4 is 0 Å². The highest BCUT2D eigenvalue weighted by Crippen LogP contribution is 2.31. The van der Waals surface area contributed by atoms with Crippen LogP contribution < -0.4 is 20.5 Å². The first-order valence-electron chi connectivity index (χ1n) is 6.69. The van der Waals surface area contributed by atoms with Crippen LogP contribution in [-0.4, -0.2) is 26.8 Å². The Kier molecular flexibility index (Phi) is 6.12. The minimum Gasteiger partial charge on any atom is -0.496 e. The molecular formula is C15H26N2O2. The van der Waals surface area contributed by atoms with Crippen LogP contribution >= 0.6 is 0 Å². The summed E-state index contributed by atoms with van der Waals surface area (Å²) in [5.41, 5.74) is 7.92. The van der Waals surface area contributed by atoms with E-state index >= 15 is 0 Å². The van der Waals surface area contributed by atoms with E-state index in [0.29, 0.717) is 18.5 Å². The quantitative estimate of drug-likeness (QED) is 0.793. The van der Waals surface area contributed by atoms with E-state index in [0.717, 1.165) is 29.2 Å². The lowest BCUT2D eigenvalue weighted by molar-refractivity contribution is 0.375. The molecule has 0 heterocycles. The van der Waals surface area contributed by atoms with Crippen molar-refractivity contribution in [3.05, 3.63) is 23.3 Å². The van der Waals surface area contributed by atoms with E-state index < -0.39 is 0 Å². The van der Waals surface area contributed by atoms with Crippen molar-refractivity contribution in [1.82, 2.24) is 5.32 Å². The molecule has 0 spiro atoms. The van der Waals surface area contributed by atoms with Gasteiger partial charge in [-0.1, -0.05) is 19.9 Å². The molecule has 0 fully saturated rings. The van der Waals surface area contributed by atoms with Crippen molar-refractivity contribution < 1.29 is 9.47 Å². The highest BCUT2D eigenvalue weighted by atomic mass is 16.5. The molecule has 1 aromatic carbocycles. The first-order valence-corrected chi connectivity index (χ1v) is 6.69. The summed E-state index contributed by atoms with van der Waals surface area (Å²) in [6.45, 7) is 7.72. The largest absolute Gasteiger partial charge is 0.496 e. The van der Waals surface area contributed by atoms with Crippen molar-refractivity contribution in [2.45, 2.75) is 33.4 Å². The van der Waals surface area contributed by atoms with Gasteiger partial charge in [-0.05, 0) is 18.9 Å². The molecule has 0 bridgehead atoms. The third-order valence-corrected chi connectivity index (χ3v) is 3.48. The first kappa shape index (κ1) is 15.8. The van der Waals surface area contributed by atoms with Crippen LogP contribution in [0.4, 0.5) is 0 Å². The summed E-state index contributed by atoms with van der Waals surface area (Å²) in [5.74, 6) is 2.24. The minimum atomic E-state index is 0.312. The Labute approximate surface area is 116 Å². The summed E-state index contributed by atoms with van der Waals surface area (Å²) >= 11 is 0. The Morgan fingerprint density at radius 1 is 1.21 bits per heavy atom. The maximum absolute atomic E-state index is 5.77. The predicted octanol–water partition coefficient (Wildman–Crippen LogP) is 2.09. The maximum atomic E-state index is 5.77.